The standard InChI is InChI=1S/C33H36F2N4O3S.ClH/c1-22-14-19-43-29(22)21-30(40)36-24-10-8-23(9-11-24)32(42)39-18-15-33(34,35)27(26-6-4-5-7-28(26)39)20-31(41)38-16-12-25(13-17-38)37(2)3;/h4-11,14,19-20,25H,12-13,15-18,21H2,1-3H3,(H,36,40);1H/b27-20-;. The first-order chi connectivity index (χ1) is 20.5. The van der Waals surface area contributed by atoms with Crippen LogP contribution in [0.5, 0.6) is 0 Å². The predicted octanol–water partition coefficient (Wildman–Crippen LogP) is 6.28. The van der Waals surface area contributed by atoms with Gasteiger partial charge < -0.3 is 20.0 Å². The number of carbonyl (C=O) groups excluding carboxylic acids is 3. The molecule has 0 atom stereocenters. The number of anilines is 2. The van der Waals surface area contributed by atoms with Gasteiger partial charge >= 0.3 is 0 Å². The van der Waals surface area contributed by atoms with E-state index in [0.29, 0.717) is 36.1 Å². The molecule has 11 heteroatoms. The highest BCUT2D eigenvalue weighted by Crippen LogP contribution is 2.43. The highest BCUT2D eigenvalue weighted by molar-refractivity contribution is 7.10. The summed E-state index contributed by atoms with van der Waals surface area (Å²) < 4.78 is 31.3. The smallest absolute Gasteiger partial charge is 0.275 e. The molecular weight excluding hydrogens is 606 g/mol. The van der Waals surface area contributed by atoms with Gasteiger partial charge in [-0.25, -0.2) is 8.78 Å². The van der Waals surface area contributed by atoms with Crippen molar-refractivity contribution >= 4 is 58.4 Å². The van der Waals surface area contributed by atoms with Crippen molar-refractivity contribution in [1.29, 1.82) is 0 Å². The van der Waals surface area contributed by atoms with Crippen LogP contribution in [0.25, 0.3) is 5.57 Å². The largest absolute Gasteiger partial charge is 0.339 e. The molecule has 3 heterocycles. The number of aryl methyl sites for hydroxylation is 1. The number of nitrogens with one attached hydrogen (secondary N) is 1. The summed E-state index contributed by atoms with van der Waals surface area (Å²) in [6.07, 6.45) is 2.28. The molecule has 234 valence electrons. The second kappa shape index (κ2) is 14.0. The number of hydrogen-bond acceptors (Lipinski definition) is 5. The minimum absolute atomic E-state index is 0. The van der Waals surface area contributed by atoms with Crippen molar-refractivity contribution in [1.82, 2.24) is 9.80 Å². The molecule has 2 aliphatic heterocycles. The van der Waals surface area contributed by atoms with E-state index in [9.17, 15) is 14.4 Å². The quantitative estimate of drug-likeness (QED) is 0.321. The maximum absolute atomic E-state index is 15.7. The molecule has 5 rings (SSSR count). The lowest BCUT2D eigenvalue weighted by atomic mass is 9.96. The van der Waals surface area contributed by atoms with Crippen LogP contribution in [0.3, 0.4) is 0 Å². The van der Waals surface area contributed by atoms with E-state index >= 15 is 8.78 Å². The highest BCUT2D eigenvalue weighted by Gasteiger charge is 2.42. The third kappa shape index (κ3) is 7.36. The molecule has 3 aromatic rings. The number of para-hydroxylation sites is 1. The van der Waals surface area contributed by atoms with Crippen molar-refractivity contribution in [2.24, 2.45) is 0 Å². The van der Waals surface area contributed by atoms with Crippen molar-refractivity contribution < 1.29 is 23.2 Å². The summed E-state index contributed by atoms with van der Waals surface area (Å²) in [5, 5.41) is 4.79. The van der Waals surface area contributed by atoms with Crippen LogP contribution in [0, 0.1) is 6.92 Å². The number of alkyl halides is 2. The van der Waals surface area contributed by atoms with Gasteiger partial charge in [-0.2, -0.15) is 0 Å². The van der Waals surface area contributed by atoms with Crippen LogP contribution in [-0.2, 0) is 16.0 Å². The number of nitrogens with zero attached hydrogens (tertiary/aromatic N) is 3. The Labute approximate surface area is 266 Å². The first kappa shape index (κ1) is 33.3. The number of thiophene rings is 1. The normalized spacial score (nSPS) is 17.5. The van der Waals surface area contributed by atoms with E-state index in [1.807, 2.05) is 32.5 Å². The molecule has 2 aromatic carbocycles. The first-order valence-corrected chi connectivity index (χ1v) is 15.3. The average Bonchev–Trinajstić information content (AvgIpc) is 3.35. The molecule has 0 saturated carbocycles. The van der Waals surface area contributed by atoms with E-state index in [4.69, 9.17) is 0 Å². The summed E-state index contributed by atoms with van der Waals surface area (Å²) in [5.41, 5.74) is 2.05. The van der Waals surface area contributed by atoms with E-state index in [1.54, 1.807) is 53.4 Å². The van der Waals surface area contributed by atoms with E-state index in [1.165, 1.54) is 16.2 Å². The van der Waals surface area contributed by atoms with Crippen LogP contribution in [0.4, 0.5) is 20.2 Å². The van der Waals surface area contributed by atoms with Crippen LogP contribution >= 0.6 is 23.7 Å². The van der Waals surface area contributed by atoms with Crippen LogP contribution in [0.15, 0.2) is 66.1 Å². The number of halogens is 3. The average molecular weight is 643 g/mol. The Hall–Kier alpha value is -3.60. The minimum Gasteiger partial charge on any atom is -0.339 e. The van der Waals surface area contributed by atoms with Crippen LogP contribution < -0.4 is 10.2 Å². The Morgan fingerprint density at radius 3 is 2.34 bits per heavy atom. The lowest BCUT2D eigenvalue weighted by Gasteiger charge is -2.35. The lowest BCUT2D eigenvalue weighted by molar-refractivity contribution is -0.127. The molecule has 3 amide bonds. The molecule has 0 spiro atoms. The van der Waals surface area contributed by atoms with Gasteiger partial charge in [0, 0.05) is 65.4 Å². The third-order valence-corrected chi connectivity index (χ3v) is 9.28. The first-order valence-electron chi connectivity index (χ1n) is 14.4. The number of piperidine rings is 1. The van der Waals surface area contributed by atoms with Crippen LogP contribution in [0.2, 0.25) is 0 Å². The number of amides is 3. The molecular formula is C33H37ClF2N4O3S. The summed E-state index contributed by atoms with van der Waals surface area (Å²) in [5.74, 6) is -4.34. The van der Waals surface area contributed by atoms with Gasteiger partial charge in [0.1, 0.15) is 0 Å². The van der Waals surface area contributed by atoms with Crippen molar-refractivity contribution in [3.63, 3.8) is 0 Å². The highest BCUT2D eigenvalue weighted by atomic mass is 35.5. The topological polar surface area (TPSA) is 73.0 Å². The summed E-state index contributed by atoms with van der Waals surface area (Å²) in [7, 11) is 4.00. The number of benzene rings is 2. The van der Waals surface area contributed by atoms with Gasteiger partial charge in [-0.1, -0.05) is 18.2 Å². The lowest BCUT2D eigenvalue weighted by Crippen LogP contribution is -2.44. The summed E-state index contributed by atoms with van der Waals surface area (Å²) in [6.45, 7) is 2.75. The van der Waals surface area contributed by atoms with Crippen molar-refractivity contribution in [3.05, 3.63) is 87.6 Å². The van der Waals surface area contributed by atoms with Crippen LogP contribution in [0.1, 0.15) is 45.6 Å². The molecule has 7 nitrogen and oxygen atoms in total. The van der Waals surface area contributed by atoms with E-state index in [-0.39, 0.29) is 42.4 Å². The SMILES string of the molecule is Cc1ccsc1CC(=O)Nc1ccc(C(=O)N2CCC(F)(F)/C(=C\C(=O)N3CCC(N(C)C)CC3)c3ccccc32)cc1.Cl. The zero-order chi connectivity index (χ0) is 30.7. The second-order valence-electron chi connectivity index (χ2n) is 11.3. The fourth-order valence-corrected chi connectivity index (χ4v) is 6.55. The fourth-order valence-electron chi connectivity index (χ4n) is 5.64. The van der Waals surface area contributed by atoms with Crippen molar-refractivity contribution in [3.8, 4) is 0 Å². The zero-order valence-corrected chi connectivity index (χ0v) is 26.6. The molecule has 2 aliphatic rings. The Morgan fingerprint density at radius 2 is 1.70 bits per heavy atom. The molecule has 1 aromatic heterocycles. The molecule has 1 saturated heterocycles. The number of allylic oxidation sites excluding steroid dienone is 1. The summed E-state index contributed by atoms with van der Waals surface area (Å²) in [6, 6.07) is 15.3. The van der Waals surface area contributed by atoms with Gasteiger partial charge in [-0.05, 0) is 81.2 Å². The molecule has 1 fully saturated rings. The Balaban J connectivity index is 0.00000442. The van der Waals surface area contributed by atoms with Crippen LogP contribution in [-0.4, -0.2) is 73.2 Å². The number of hydrogen-bond donors (Lipinski definition) is 1. The summed E-state index contributed by atoms with van der Waals surface area (Å²) in [4.78, 5) is 45.5. The molecule has 0 bridgehead atoms. The van der Waals surface area contributed by atoms with Gasteiger partial charge in [0.25, 0.3) is 11.8 Å². The maximum atomic E-state index is 15.7. The van der Waals surface area contributed by atoms with E-state index in [0.717, 1.165) is 29.4 Å². The monoisotopic (exact) mass is 642 g/mol. The van der Waals surface area contributed by atoms with Gasteiger partial charge in [0.15, 0.2) is 0 Å². The van der Waals surface area contributed by atoms with E-state index in [2.05, 4.69) is 10.2 Å². The number of rotatable bonds is 6. The zero-order valence-electron chi connectivity index (χ0n) is 25.0. The molecule has 0 radical (unpaired) electrons. The van der Waals surface area contributed by atoms with Crippen molar-refractivity contribution in [2.75, 3.05) is 43.9 Å². The minimum atomic E-state index is -3.31. The van der Waals surface area contributed by atoms with Gasteiger partial charge in [-0.3, -0.25) is 14.4 Å². The second-order valence-corrected chi connectivity index (χ2v) is 12.3. The number of likely N-dealkylation sites (tertiary alicyclic amines) is 1. The number of carbonyl (C=O) groups is 3. The molecule has 44 heavy (non-hydrogen) atoms. The third-order valence-electron chi connectivity index (χ3n) is 8.25. The molecule has 1 N–H and O–H groups in total. The maximum Gasteiger partial charge on any atom is 0.275 e. The van der Waals surface area contributed by atoms with Gasteiger partial charge in [0.05, 0.1) is 12.1 Å². The predicted molar refractivity (Wildman–Crippen MR) is 174 cm³/mol. The molecule has 0 unspecified atom stereocenters. The Bertz CT molecular complexity index is 1530. The number of fused-ring (bicyclic) bond motifs is 1. The Morgan fingerprint density at radius 1 is 1.02 bits per heavy atom. The van der Waals surface area contributed by atoms with Gasteiger partial charge in [-0.15, -0.1) is 23.7 Å². The van der Waals surface area contributed by atoms with Gasteiger partial charge in [0.2, 0.25) is 11.8 Å². The fraction of sp³-hybridized carbons (Fsp3) is 0.364. The van der Waals surface area contributed by atoms with Crippen molar-refractivity contribution in [2.45, 2.75) is 44.6 Å². The summed E-state index contributed by atoms with van der Waals surface area (Å²) >= 11 is 1.53. The Kier molecular flexibility index (Phi) is 10.6. The van der Waals surface area contributed by atoms with E-state index < -0.39 is 24.2 Å². The molecule has 0 aliphatic carbocycles.